The lowest BCUT2D eigenvalue weighted by molar-refractivity contribution is -2.00. The van der Waals surface area contributed by atoms with E-state index in [4.69, 9.17) is 23.4 Å². The summed E-state index contributed by atoms with van der Waals surface area (Å²) in [6.45, 7) is 2.68. The van der Waals surface area contributed by atoms with Crippen molar-refractivity contribution in [2.45, 2.75) is 6.92 Å². The maximum Gasteiger partial charge on any atom is 0.235 e. The molecule has 8 heteroatoms. The van der Waals surface area contributed by atoms with Crippen LogP contribution in [0.2, 0.25) is 0 Å². The van der Waals surface area contributed by atoms with Crippen LogP contribution in [-0.4, -0.2) is 11.6 Å². The van der Waals surface area contributed by atoms with Crippen LogP contribution < -0.4 is 27.8 Å². The van der Waals surface area contributed by atoms with Gasteiger partial charge >= 0.3 is 0 Å². The van der Waals surface area contributed by atoms with Crippen LogP contribution in [0.4, 0.5) is 0 Å². The fraction of sp³-hybridized carbons (Fsp3) is 0.118. The van der Waals surface area contributed by atoms with Gasteiger partial charge < -0.3 is 9.72 Å². The quantitative estimate of drug-likeness (QED) is 0.444. The van der Waals surface area contributed by atoms with Crippen molar-refractivity contribution in [3.05, 3.63) is 54.9 Å². The highest BCUT2D eigenvalue weighted by atomic mass is 35.7. The lowest BCUT2D eigenvalue weighted by Crippen LogP contribution is -2.68. The van der Waals surface area contributed by atoms with Gasteiger partial charge in [0.2, 0.25) is 11.7 Å². The van der Waals surface area contributed by atoms with Crippen LogP contribution in [0.5, 0.6) is 5.75 Å². The van der Waals surface area contributed by atoms with E-state index >= 15 is 0 Å². The molecular formula is C17H15ClN2O5. The van der Waals surface area contributed by atoms with Gasteiger partial charge in [-0.1, -0.05) is 18.2 Å². The number of halogens is 1. The molecule has 0 aliphatic rings. The number of benzene rings is 1. The van der Waals surface area contributed by atoms with Crippen molar-refractivity contribution in [2.75, 3.05) is 6.61 Å². The van der Waals surface area contributed by atoms with E-state index in [0.717, 1.165) is 16.8 Å². The molecule has 3 heterocycles. The number of pyridine rings is 2. The molecule has 0 radical (unpaired) electrons. The van der Waals surface area contributed by atoms with Crippen LogP contribution in [-0.2, 0) is 0 Å². The summed E-state index contributed by atoms with van der Waals surface area (Å²) in [4.78, 5) is 3.51. The SMILES string of the molecule is CCOc1ccc2c3[nH]c4ccccc4c3cc[n+]2c1.[O-][Cl+3]([O-])([O-])[O-]. The minimum atomic E-state index is -4.94. The van der Waals surface area contributed by atoms with Crippen molar-refractivity contribution in [1.82, 2.24) is 4.98 Å². The maximum absolute atomic E-state index is 8.49. The molecule has 3 aromatic heterocycles. The van der Waals surface area contributed by atoms with Crippen molar-refractivity contribution in [1.29, 1.82) is 0 Å². The average molecular weight is 363 g/mol. The number of nitrogens with one attached hydrogen (secondary N) is 1. The van der Waals surface area contributed by atoms with Crippen molar-refractivity contribution in [3.63, 3.8) is 0 Å². The highest BCUT2D eigenvalue weighted by Crippen LogP contribution is 2.26. The number of fused-ring (bicyclic) bond motifs is 5. The smallest absolute Gasteiger partial charge is 0.235 e. The summed E-state index contributed by atoms with van der Waals surface area (Å²) in [5, 5.41) is 2.52. The summed E-state index contributed by atoms with van der Waals surface area (Å²) in [5.74, 6) is 0.889. The summed E-state index contributed by atoms with van der Waals surface area (Å²) >= 11 is 0. The molecule has 7 nitrogen and oxygen atoms in total. The molecule has 1 aromatic carbocycles. The summed E-state index contributed by atoms with van der Waals surface area (Å²) in [5.41, 5.74) is 3.49. The van der Waals surface area contributed by atoms with Crippen molar-refractivity contribution in [3.8, 4) is 5.75 Å². The lowest BCUT2D eigenvalue weighted by Gasteiger charge is -2.17. The average Bonchev–Trinajstić information content (AvgIpc) is 2.92. The third-order valence-electron chi connectivity index (χ3n) is 3.67. The van der Waals surface area contributed by atoms with E-state index in [-0.39, 0.29) is 0 Å². The Labute approximate surface area is 145 Å². The Hall–Kier alpha value is -2.42. The Kier molecular flexibility index (Phi) is 4.76. The standard InChI is InChI=1S/C17H14N2O.ClHO4/c1-2-20-12-7-8-16-17-14(9-10-19(16)11-12)13-5-3-4-6-15(13)18-17;2-1(3,4)5/h3-11H,2H2,1H3;(H,2,3,4,5). The Morgan fingerprint density at radius 3 is 2.44 bits per heavy atom. The van der Waals surface area contributed by atoms with Crippen LogP contribution >= 0.6 is 0 Å². The van der Waals surface area contributed by atoms with E-state index in [2.05, 4.69) is 52.0 Å². The van der Waals surface area contributed by atoms with Crippen molar-refractivity contribution in [2.24, 2.45) is 0 Å². The van der Waals surface area contributed by atoms with Crippen LogP contribution in [0.1, 0.15) is 6.92 Å². The molecule has 0 amide bonds. The van der Waals surface area contributed by atoms with Crippen LogP contribution in [0, 0.1) is 10.2 Å². The summed E-state index contributed by atoms with van der Waals surface area (Å²) in [6.07, 6.45) is 4.10. The second kappa shape index (κ2) is 6.83. The molecule has 0 fully saturated rings. The normalized spacial score (nSPS) is 11.6. The topological polar surface area (TPSA) is 121 Å². The number of aromatic nitrogens is 2. The first-order valence-corrected chi connectivity index (χ1v) is 8.69. The third kappa shape index (κ3) is 3.98. The molecule has 0 saturated carbocycles. The number of aromatic amines is 1. The predicted octanol–water partition coefficient (Wildman–Crippen LogP) is -1.30. The van der Waals surface area contributed by atoms with E-state index in [0.29, 0.717) is 6.61 Å². The summed E-state index contributed by atoms with van der Waals surface area (Å²) < 4.78 is 41.6. The van der Waals surface area contributed by atoms with E-state index in [1.807, 2.05) is 19.2 Å². The molecular weight excluding hydrogens is 348 g/mol. The second-order valence-electron chi connectivity index (χ2n) is 5.24. The van der Waals surface area contributed by atoms with E-state index in [1.165, 1.54) is 16.3 Å². The number of H-pyrrole nitrogens is 1. The first kappa shape index (κ1) is 17.4. The Morgan fingerprint density at radius 1 is 1.00 bits per heavy atom. The fourth-order valence-corrected chi connectivity index (χ4v) is 2.78. The molecule has 25 heavy (non-hydrogen) atoms. The second-order valence-corrected chi connectivity index (χ2v) is 6.00. The van der Waals surface area contributed by atoms with Crippen molar-refractivity contribution >= 4 is 27.3 Å². The largest absolute Gasteiger partial charge is 0.488 e. The van der Waals surface area contributed by atoms with Gasteiger partial charge in [0.1, 0.15) is 5.52 Å². The van der Waals surface area contributed by atoms with Gasteiger partial charge in [-0.3, -0.25) is 0 Å². The minimum absolute atomic E-state index is 0.681. The zero-order valence-corrected chi connectivity index (χ0v) is 14.0. The zero-order valence-electron chi connectivity index (χ0n) is 13.3. The zero-order chi connectivity index (χ0) is 18.0. The Bertz CT molecular complexity index is 1020. The highest BCUT2D eigenvalue weighted by molar-refractivity contribution is 6.10. The number of ether oxygens (including phenoxy) is 1. The van der Waals surface area contributed by atoms with Gasteiger partial charge in [-0.25, -0.2) is 18.6 Å². The fourth-order valence-electron chi connectivity index (χ4n) is 2.78. The molecule has 0 saturated heterocycles. The van der Waals surface area contributed by atoms with Gasteiger partial charge in [-0.2, -0.15) is 4.40 Å². The molecule has 0 spiro atoms. The van der Waals surface area contributed by atoms with Gasteiger partial charge in [-0.05, 0) is 19.1 Å². The van der Waals surface area contributed by atoms with Gasteiger partial charge in [0, 0.05) is 28.4 Å². The maximum atomic E-state index is 8.49. The Morgan fingerprint density at radius 2 is 1.72 bits per heavy atom. The minimum Gasteiger partial charge on any atom is -0.488 e. The number of hydrogen-bond acceptors (Lipinski definition) is 5. The molecule has 1 N–H and O–H groups in total. The van der Waals surface area contributed by atoms with Gasteiger partial charge in [0.15, 0.2) is 11.9 Å². The monoisotopic (exact) mass is 362 g/mol. The summed E-state index contributed by atoms with van der Waals surface area (Å²) in [7, 11) is -4.94. The molecule has 0 atom stereocenters. The van der Waals surface area contributed by atoms with Crippen molar-refractivity contribution < 1.29 is 38.0 Å². The van der Waals surface area contributed by atoms with E-state index in [9.17, 15) is 0 Å². The molecule has 4 aromatic rings. The number of hydrogen-bond donors (Lipinski definition) is 1. The molecule has 130 valence electrons. The molecule has 0 aliphatic heterocycles. The van der Waals surface area contributed by atoms with E-state index < -0.39 is 10.2 Å². The van der Waals surface area contributed by atoms with Crippen LogP contribution in [0.15, 0.2) is 54.9 Å². The molecule has 4 rings (SSSR count). The predicted molar refractivity (Wildman–Crippen MR) is 80.1 cm³/mol. The van der Waals surface area contributed by atoms with Gasteiger partial charge in [0.25, 0.3) is 0 Å². The van der Waals surface area contributed by atoms with Crippen LogP contribution in [0.25, 0.3) is 27.3 Å². The van der Waals surface area contributed by atoms with E-state index in [1.54, 1.807) is 0 Å². The highest BCUT2D eigenvalue weighted by Gasteiger charge is 2.13. The molecule has 0 bridgehead atoms. The molecule has 0 unspecified atom stereocenters. The number of rotatable bonds is 2. The summed E-state index contributed by atoms with van der Waals surface area (Å²) in [6, 6.07) is 14.7. The lowest BCUT2D eigenvalue weighted by atomic mass is 10.2. The number of para-hydroxylation sites is 1. The van der Waals surface area contributed by atoms with Gasteiger partial charge in [-0.15, -0.1) is 10.2 Å². The third-order valence-corrected chi connectivity index (χ3v) is 3.67. The Balaban J connectivity index is 0.000000324. The van der Waals surface area contributed by atoms with Crippen LogP contribution in [0.3, 0.4) is 0 Å². The first-order valence-electron chi connectivity index (χ1n) is 7.46. The first-order chi connectivity index (χ1) is 11.9. The molecule has 0 aliphatic carbocycles. The van der Waals surface area contributed by atoms with Gasteiger partial charge in [0.05, 0.1) is 6.61 Å². The number of nitrogens with zero attached hydrogens (tertiary/aromatic N) is 1.